The maximum atomic E-state index is 9.63. The normalized spacial score (nSPS) is 13.2. The second-order valence-electron chi connectivity index (χ2n) is 1.53. The molecule has 4 N–H and O–H groups in total. The number of carboxylic acids is 2. The Morgan fingerprint density at radius 2 is 1.17 bits per heavy atom. The van der Waals surface area contributed by atoms with Crippen LogP contribution in [0.3, 0.4) is 0 Å². The summed E-state index contributed by atoms with van der Waals surface area (Å²) < 4.78 is 0. The number of hydrogen-bond donors (Lipinski definition) is 2. The molecule has 0 aromatic carbocycles. The molecule has 0 aromatic rings. The van der Waals surface area contributed by atoms with Gasteiger partial charge in [0.15, 0.2) is 0 Å². The number of aliphatic hydroxyl groups is 2. The molecule has 2 unspecified atom stereocenters. The maximum absolute atomic E-state index is 9.63. The Morgan fingerprint density at radius 1 is 1.00 bits per heavy atom. The van der Waals surface area contributed by atoms with E-state index in [-0.39, 0.29) is 22.5 Å². The van der Waals surface area contributed by atoms with Gasteiger partial charge in [0, 0.05) is 0 Å². The standard InChI is InChI=1S/C4H6O6.Cu.H2O/c5-1(3(7)8)2(6)4(9)10;;/h1-2,5-6H,(H,7,8)(H,9,10);;1H2/q;+2;/p-2. The number of carboxylic acid groups (broad SMARTS) is 2. The summed E-state index contributed by atoms with van der Waals surface area (Å²) in [5, 5.41) is 35.7. The van der Waals surface area contributed by atoms with Gasteiger partial charge in [0.2, 0.25) is 0 Å². The maximum Gasteiger partial charge on any atom is 2.00 e. The van der Waals surface area contributed by atoms with Gasteiger partial charge in [-0.3, -0.25) is 0 Å². The first-order chi connectivity index (χ1) is 4.46. The van der Waals surface area contributed by atoms with Gasteiger partial charge in [0.05, 0.1) is 11.9 Å². The van der Waals surface area contributed by atoms with Gasteiger partial charge in [-0.2, -0.15) is 0 Å². The van der Waals surface area contributed by atoms with E-state index in [2.05, 4.69) is 0 Å². The van der Waals surface area contributed by atoms with Crippen LogP contribution < -0.4 is 10.2 Å². The van der Waals surface area contributed by atoms with E-state index in [9.17, 15) is 19.8 Å². The van der Waals surface area contributed by atoms with E-state index in [0.717, 1.165) is 0 Å². The second-order valence-corrected chi connectivity index (χ2v) is 1.53. The van der Waals surface area contributed by atoms with Gasteiger partial charge in [-0.05, 0) is 0 Å². The molecule has 0 aromatic heterocycles. The molecule has 2 atom stereocenters. The molecule has 0 fully saturated rings. The van der Waals surface area contributed by atoms with E-state index < -0.39 is 24.1 Å². The Morgan fingerprint density at radius 3 is 1.25 bits per heavy atom. The third-order valence-corrected chi connectivity index (χ3v) is 0.782. The average molecular weight is 230 g/mol. The van der Waals surface area contributed by atoms with Gasteiger partial charge in [0.25, 0.3) is 0 Å². The molecule has 0 bridgehead atoms. The molecule has 0 saturated carbocycles. The van der Waals surface area contributed by atoms with Crippen molar-refractivity contribution in [3.05, 3.63) is 0 Å². The van der Waals surface area contributed by atoms with Crippen LogP contribution in [0.4, 0.5) is 0 Å². The summed E-state index contributed by atoms with van der Waals surface area (Å²) in [5.74, 6) is -4.12. The third kappa shape index (κ3) is 5.05. The quantitative estimate of drug-likeness (QED) is 0.460. The molecule has 0 heterocycles. The molecule has 0 saturated heterocycles. The predicted molar refractivity (Wildman–Crippen MR) is 25.6 cm³/mol. The zero-order valence-corrected chi connectivity index (χ0v) is 6.43. The Bertz CT molecular complexity index is 139. The Kier molecular flexibility index (Phi) is 10.2. The number of carbonyl (C=O) groups excluding carboxylic acids is 2. The molecule has 12 heavy (non-hydrogen) atoms. The summed E-state index contributed by atoms with van der Waals surface area (Å²) >= 11 is 0. The smallest absolute Gasteiger partial charge is 0.547 e. The fourth-order valence-corrected chi connectivity index (χ4v) is 0.258. The van der Waals surface area contributed by atoms with Crippen molar-refractivity contribution < 1.29 is 52.6 Å². The molecule has 8 heteroatoms. The first-order valence-electron chi connectivity index (χ1n) is 2.24. The van der Waals surface area contributed by atoms with Crippen molar-refractivity contribution in [3.63, 3.8) is 0 Å². The topological polar surface area (TPSA) is 152 Å². The SMILES string of the molecule is O.O=C([O-])C(O)C(O)C(=O)[O-].[Cu+2]. The number of aliphatic hydroxyl groups excluding tert-OH is 2. The van der Waals surface area contributed by atoms with E-state index >= 15 is 0 Å². The van der Waals surface area contributed by atoms with Crippen molar-refractivity contribution in [2.45, 2.75) is 12.2 Å². The zero-order valence-electron chi connectivity index (χ0n) is 5.48. The van der Waals surface area contributed by atoms with Crippen molar-refractivity contribution in [1.82, 2.24) is 0 Å². The Hall–Kier alpha value is -0.661. The third-order valence-electron chi connectivity index (χ3n) is 0.782. The summed E-state index contributed by atoms with van der Waals surface area (Å²) in [6, 6.07) is 0. The predicted octanol–water partition coefficient (Wildman–Crippen LogP) is -5.62. The number of carbonyl (C=O) groups is 2. The van der Waals surface area contributed by atoms with E-state index in [0.29, 0.717) is 0 Å². The molecule has 1 radical (unpaired) electrons. The minimum absolute atomic E-state index is 0. The van der Waals surface area contributed by atoms with Crippen LogP contribution in [0, 0.1) is 0 Å². The summed E-state index contributed by atoms with van der Waals surface area (Å²) in [5.41, 5.74) is 0. The van der Waals surface area contributed by atoms with Gasteiger partial charge in [0.1, 0.15) is 12.2 Å². The van der Waals surface area contributed by atoms with Gasteiger partial charge >= 0.3 is 17.1 Å². The molecule has 75 valence electrons. The van der Waals surface area contributed by atoms with E-state index in [4.69, 9.17) is 10.2 Å². The summed E-state index contributed by atoms with van der Waals surface area (Å²) in [6.45, 7) is 0. The van der Waals surface area contributed by atoms with Crippen LogP contribution in [0.2, 0.25) is 0 Å². The van der Waals surface area contributed by atoms with Gasteiger partial charge in [-0.25, -0.2) is 0 Å². The minimum Gasteiger partial charge on any atom is -0.547 e. The van der Waals surface area contributed by atoms with Crippen molar-refractivity contribution in [2.24, 2.45) is 0 Å². The summed E-state index contributed by atoms with van der Waals surface area (Å²) in [7, 11) is 0. The van der Waals surface area contributed by atoms with E-state index in [1.165, 1.54) is 0 Å². The van der Waals surface area contributed by atoms with Gasteiger partial charge in [-0.1, -0.05) is 0 Å². The number of aliphatic carboxylic acids is 2. The molecular weight excluding hydrogens is 224 g/mol. The monoisotopic (exact) mass is 229 g/mol. The number of rotatable bonds is 3. The molecule has 0 aliphatic rings. The van der Waals surface area contributed by atoms with Crippen LogP contribution in [0.5, 0.6) is 0 Å². The van der Waals surface area contributed by atoms with Gasteiger partial charge < -0.3 is 35.5 Å². The zero-order chi connectivity index (χ0) is 8.31. The largest absolute Gasteiger partial charge is 2.00 e. The molecule has 0 aliphatic heterocycles. The van der Waals surface area contributed by atoms with Crippen LogP contribution in [-0.4, -0.2) is 39.8 Å². The van der Waals surface area contributed by atoms with Gasteiger partial charge in [-0.15, -0.1) is 0 Å². The van der Waals surface area contributed by atoms with Crippen molar-refractivity contribution in [1.29, 1.82) is 0 Å². The van der Waals surface area contributed by atoms with Crippen molar-refractivity contribution in [2.75, 3.05) is 0 Å². The molecule has 0 spiro atoms. The molecule has 0 aliphatic carbocycles. The number of hydrogen-bond acceptors (Lipinski definition) is 6. The van der Waals surface area contributed by atoms with E-state index in [1.807, 2.05) is 0 Å². The fraction of sp³-hybridized carbons (Fsp3) is 0.500. The first kappa shape index (κ1) is 17.4. The van der Waals surface area contributed by atoms with Crippen LogP contribution >= 0.6 is 0 Å². The van der Waals surface area contributed by atoms with Crippen LogP contribution in [0.15, 0.2) is 0 Å². The average Bonchev–Trinajstić information content (AvgIpc) is 1.84. The molecule has 7 nitrogen and oxygen atoms in total. The van der Waals surface area contributed by atoms with E-state index in [1.54, 1.807) is 0 Å². The summed E-state index contributed by atoms with van der Waals surface area (Å²) in [4.78, 5) is 19.3. The Balaban J connectivity index is -0.000000405. The Labute approximate surface area is 77.4 Å². The summed E-state index contributed by atoms with van der Waals surface area (Å²) in [6.07, 6.45) is -4.88. The minimum atomic E-state index is -2.44. The fourth-order valence-electron chi connectivity index (χ4n) is 0.258. The molecular formula is C4H6CuO7. The first-order valence-corrected chi connectivity index (χ1v) is 2.24. The molecule has 0 rings (SSSR count). The second kappa shape index (κ2) is 7.01. The van der Waals surface area contributed by atoms with Crippen LogP contribution in [0.25, 0.3) is 0 Å². The molecule has 0 amide bonds. The van der Waals surface area contributed by atoms with Crippen molar-refractivity contribution in [3.8, 4) is 0 Å². The van der Waals surface area contributed by atoms with Crippen molar-refractivity contribution >= 4 is 11.9 Å². The van der Waals surface area contributed by atoms with Crippen LogP contribution in [-0.2, 0) is 26.7 Å². The van der Waals surface area contributed by atoms with Crippen LogP contribution in [0.1, 0.15) is 0 Å².